The van der Waals surface area contributed by atoms with Crippen LogP contribution in [0.1, 0.15) is 28.7 Å². The summed E-state index contributed by atoms with van der Waals surface area (Å²) < 4.78 is 0.666. The molecule has 0 saturated heterocycles. The first-order valence-electron chi connectivity index (χ1n) is 6.12. The van der Waals surface area contributed by atoms with Crippen LogP contribution in [-0.4, -0.2) is 28.0 Å². The largest absolute Gasteiger partial charge is 0.481 e. The molecule has 0 saturated carbocycles. The average molecular weight is 345 g/mol. The molecule has 0 aliphatic heterocycles. The summed E-state index contributed by atoms with van der Waals surface area (Å²) in [6.07, 6.45) is -0.114. The predicted octanol–water partition coefficient (Wildman–Crippen LogP) is 3.43. The first-order valence-corrected chi connectivity index (χ1v) is 8.13. The lowest BCUT2D eigenvalue weighted by Crippen LogP contribution is -2.34. The molecular weight excluding hydrogens is 332 g/mol. The number of carbonyl (C=O) groups is 2. The molecule has 1 unspecified atom stereocenters. The maximum absolute atomic E-state index is 12.2. The molecule has 0 bridgehead atoms. The highest BCUT2D eigenvalue weighted by atomic mass is 35.5. The molecule has 0 fully saturated rings. The minimum absolute atomic E-state index is 0.114. The third-order valence-corrected chi connectivity index (χ3v) is 5.20. The number of thiazole rings is 1. The Bertz CT molecular complexity index is 681. The zero-order valence-corrected chi connectivity index (χ0v) is 13.7. The van der Waals surface area contributed by atoms with E-state index in [-0.39, 0.29) is 12.3 Å². The maximum atomic E-state index is 12.2. The molecule has 0 radical (unpaired) electrons. The monoisotopic (exact) mass is 344 g/mol. The lowest BCUT2D eigenvalue weighted by atomic mass is 10.2. The second kappa shape index (κ2) is 6.55. The predicted molar refractivity (Wildman–Crippen MR) is 84.4 cm³/mol. The normalized spacial score (nSPS) is 12.1. The number of nitrogens with one attached hydrogen (secondary N) is 1. The number of hydrogen-bond donors (Lipinski definition) is 2. The number of aromatic nitrogens is 1. The van der Waals surface area contributed by atoms with Crippen LogP contribution >= 0.6 is 34.3 Å². The van der Waals surface area contributed by atoms with Gasteiger partial charge in [-0.2, -0.15) is 0 Å². The zero-order chi connectivity index (χ0) is 15.6. The third kappa shape index (κ3) is 4.03. The van der Waals surface area contributed by atoms with Crippen molar-refractivity contribution in [1.82, 2.24) is 10.3 Å². The number of carboxylic acids is 1. The van der Waals surface area contributed by atoms with Crippen molar-refractivity contribution in [1.29, 1.82) is 0 Å². The van der Waals surface area contributed by atoms with Crippen molar-refractivity contribution in [3.63, 3.8) is 0 Å². The van der Waals surface area contributed by atoms with Gasteiger partial charge in [-0.15, -0.1) is 22.7 Å². The second-order valence-electron chi connectivity index (χ2n) is 4.51. The Morgan fingerprint density at radius 2 is 2.14 bits per heavy atom. The minimum atomic E-state index is -0.947. The molecule has 0 aromatic carbocycles. The van der Waals surface area contributed by atoms with Crippen molar-refractivity contribution >= 4 is 46.2 Å². The highest BCUT2D eigenvalue weighted by Crippen LogP contribution is 2.34. The lowest BCUT2D eigenvalue weighted by Gasteiger charge is -2.10. The molecular formula is C13H13ClN2O3S2. The van der Waals surface area contributed by atoms with Crippen molar-refractivity contribution < 1.29 is 14.7 Å². The summed E-state index contributed by atoms with van der Waals surface area (Å²) >= 11 is 8.57. The van der Waals surface area contributed by atoms with Crippen molar-refractivity contribution in [3.8, 4) is 9.88 Å². The van der Waals surface area contributed by atoms with Gasteiger partial charge in [0.1, 0.15) is 9.88 Å². The topological polar surface area (TPSA) is 79.3 Å². The Labute approximate surface area is 134 Å². The number of nitrogens with zero attached hydrogens (tertiary/aromatic N) is 1. The van der Waals surface area contributed by atoms with Crippen LogP contribution in [0.2, 0.25) is 4.34 Å². The number of aliphatic carboxylic acids is 1. The fourth-order valence-electron chi connectivity index (χ4n) is 1.74. The van der Waals surface area contributed by atoms with Crippen LogP contribution in [0.3, 0.4) is 0 Å². The van der Waals surface area contributed by atoms with Crippen LogP contribution in [-0.2, 0) is 4.79 Å². The average Bonchev–Trinajstić information content (AvgIpc) is 2.94. The summed E-state index contributed by atoms with van der Waals surface area (Å²) in [5.74, 6) is -1.25. The number of thiophene rings is 1. The lowest BCUT2D eigenvalue weighted by molar-refractivity contribution is -0.137. The van der Waals surface area contributed by atoms with E-state index in [4.69, 9.17) is 16.7 Å². The molecule has 2 aromatic rings. The van der Waals surface area contributed by atoms with E-state index in [1.165, 1.54) is 22.7 Å². The summed E-state index contributed by atoms with van der Waals surface area (Å²) in [6.45, 7) is 3.41. The number of rotatable bonds is 5. The molecule has 112 valence electrons. The Kier molecular flexibility index (Phi) is 4.97. The van der Waals surface area contributed by atoms with Gasteiger partial charge in [-0.05, 0) is 26.0 Å². The molecule has 8 heteroatoms. The number of aryl methyl sites for hydroxylation is 1. The van der Waals surface area contributed by atoms with Crippen LogP contribution in [0.15, 0.2) is 12.1 Å². The smallest absolute Gasteiger partial charge is 0.305 e. The van der Waals surface area contributed by atoms with Crippen LogP contribution < -0.4 is 5.32 Å². The highest BCUT2D eigenvalue weighted by molar-refractivity contribution is 7.24. The SMILES string of the molecule is Cc1nc(-c2ccc(Cl)s2)sc1C(=O)NC(C)CC(=O)O. The van der Waals surface area contributed by atoms with E-state index in [0.29, 0.717) is 14.9 Å². The quantitative estimate of drug-likeness (QED) is 0.870. The van der Waals surface area contributed by atoms with Crippen molar-refractivity contribution in [2.75, 3.05) is 0 Å². The molecule has 0 aliphatic rings. The number of carbonyl (C=O) groups excluding carboxylic acids is 1. The van der Waals surface area contributed by atoms with Gasteiger partial charge < -0.3 is 10.4 Å². The van der Waals surface area contributed by atoms with E-state index in [9.17, 15) is 9.59 Å². The molecule has 1 amide bonds. The summed E-state index contributed by atoms with van der Waals surface area (Å²) in [6, 6.07) is 3.21. The van der Waals surface area contributed by atoms with Gasteiger partial charge in [0, 0.05) is 6.04 Å². The first kappa shape index (κ1) is 15.9. The molecule has 2 aromatic heterocycles. The van der Waals surface area contributed by atoms with Gasteiger partial charge >= 0.3 is 5.97 Å². The second-order valence-corrected chi connectivity index (χ2v) is 7.22. The van der Waals surface area contributed by atoms with Gasteiger partial charge in [0.2, 0.25) is 0 Å². The first-order chi connectivity index (χ1) is 9.86. The molecule has 5 nitrogen and oxygen atoms in total. The van der Waals surface area contributed by atoms with E-state index in [0.717, 1.165) is 9.88 Å². The molecule has 1 atom stereocenters. The summed E-state index contributed by atoms with van der Waals surface area (Å²) in [5.41, 5.74) is 0.625. The van der Waals surface area contributed by atoms with Gasteiger partial charge in [-0.3, -0.25) is 9.59 Å². The van der Waals surface area contributed by atoms with Crippen LogP contribution in [0.4, 0.5) is 0 Å². The van der Waals surface area contributed by atoms with Gasteiger partial charge in [0.15, 0.2) is 0 Å². The molecule has 2 heterocycles. The number of hydrogen-bond acceptors (Lipinski definition) is 5. The maximum Gasteiger partial charge on any atom is 0.305 e. The molecule has 2 rings (SSSR count). The van der Waals surface area contributed by atoms with Gasteiger partial charge in [0.25, 0.3) is 5.91 Å². The summed E-state index contributed by atoms with van der Waals surface area (Å²) in [7, 11) is 0. The molecule has 0 spiro atoms. The van der Waals surface area contributed by atoms with E-state index in [2.05, 4.69) is 10.3 Å². The van der Waals surface area contributed by atoms with Crippen LogP contribution in [0, 0.1) is 6.92 Å². The standard InChI is InChI=1S/C13H13ClN2O3S2/c1-6(5-10(17)18)15-12(19)11-7(2)16-13(21-11)8-3-4-9(14)20-8/h3-4,6H,5H2,1-2H3,(H,15,19)(H,17,18). The number of amides is 1. The molecule has 2 N–H and O–H groups in total. The van der Waals surface area contributed by atoms with Gasteiger partial charge in [-0.25, -0.2) is 4.98 Å². The fraction of sp³-hybridized carbons (Fsp3) is 0.308. The van der Waals surface area contributed by atoms with E-state index in [1.807, 2.05) is 6.07 Å². The van der Waals surface area contributed by atoms with Gasteiger partial charge in [0.05, 0.1) is 21.3 Å². The Balaban J connectivity index is 2.15. The van der Waals surface area contributed by atoms with Crippen LogP contribution in [0.5, 0.6) is 0 Å². The molecule has 0 aliphatic carbocycles. The highest BCUT2D eigenvalue weighted by Gasteiger charge is 2.19. The van der Waals surface area contributed by atoms with E-state index < -0.39 is 12.0 Å². The Morgan fingerprint density at radius 1 is 1.43 bits per heavy atom. The minimum Gasteiger partial charge on any atom is -0.481 e. The Morgan fingerprint density at radius 3 is 2.71 bits per heavy atom. The van der Waals surface area contributed by atoms with E-state index in [1.54, 1.807) is 19.9 Å². The Hall–Kier alpha value is -1.44. The van der Waals surface area contributed by atoms with Crippen molar-refractivity contribution in [2.45, 2.75) is 26.3 Å². The molecule has 21 heavy (non-hydrogen) atoms. The van der Waals surface area contributed by atoms with Crippen molar-refractivity contribution in [2.24, 2.45) is 0 Å². The third-order valence-electron chi connectivity index (χ3n) is 2.65. The van der Waals surface area contributed by atoms with Crippen molar-refractivity contribution in [3.05, 3.63) is 27.0 Å². The fourth-order valence-corrected chi connectivity index (χ4v) is 3.81. The number of halogens is 1. The summed E-state index contributed by atoms with van der Waals surface area (Å²) in [5, 5.41) is 12.1. The number of carboxylic acid groups (broad SMARTS) is 1. The summed E-state index contributed by atoms with van der Waals surface area (Å²) in [4.78, 5) is 28.5. The van der Waals surface area contributed by atoms with Gasteiger partial charge in [-0.1, -0.05) is 11.6 Å². The zero-order valence-electron chi connectivity index (χ0n) is 11.3. The van der Waals surface area contributed by atoms with E-state index >= 15 is 0 Å². The van der Waals surface area contributed by atoms with Crippen LogP contribution in [0.25, 0.3) is 9.88 Å².